The van der Waals surface area contributed by atoms with Gasteiger partial charge in [0.05, 0.1) is 50.8 Å². The number of piperidine rings is 1. The van der Waals surface area contributed by atoms with Gasteiger partial charge in [-0.25, -0.2) is 4.79 Å². The van der Waals surface area contributed by atoms with Gasteiger partial charge in [-0.3, -0.25) is 19.2 Å². The summed E-state index contributed by atoms with van der Waals surface area (Å²) in [4.78, 5) is 69.0. The molecule has 1 aromatic carbocycles. The summed E-state index contributed by atoms with van der Waals surface area (Å²) in [6.07, 6.45) is 13.2. The summed E-state index contributed by atoms with van der Waals surface area (Å²) in [6, 6.07) is 8.15. The highest BCUT2D eigenvalue weighted by Gasteiger charge is 2.53. The molecule has 0 spiro atoms. The molecule has 432 valence electrons. The van der Waals surface area contributed by atoms with Crippen molar-refractivity contribution in [2.45, 2.75) is 187 Å². The molecule has 1 aliphatic carbocycles. The Morgan fingerprint density at radius 3 is 2.29 bits per heavy atom. The van der Waals surface area contributed by atoms with E-state index in [1.54, 1.807) is 53.0 Å². The van der Waals surface area contributed by atoms with Gasteiger partial charge in [0, 0.05) is 51.4 Å². The normalized spacial score (nSPS) is 26.9. The number of rotatable bonds is 31. The second-order valence-electron chi connectivity index (χ2n) is 22.1. The van der Waals surface area contributed by atoms with Crippen LogP contribution in [0.4, 0.5) is 0 Å². The Hall–Kier alpha value is -4.23. The molecule has 1 aromatic rings. The van der Waals surface area contributed by atoms with E-state index in [4.69, 9.17) is 28.4 Å². The molecule has 4 rings (SSSR count). The average Bonchev–Trinajstić information content (AvgIpc) is 3.43. The van der Waals surface area contributed by atoms with E-state index in [0.717, 1.165) is 31.3 Å². The monoisotopic (exact) mass is 1080 g/mol. The van der Waals surface area contributed by atoms with Crippen molar-refractivity contribution >= 4 is 29.2 Å². The van der Waals surface area contributed by atoms with E-state index in [2.05, 4.69) is 0 Å². The van der Waals surface area contributed by atoms with Crippen LogP contribution in [-0.4, -0.2) is 150 Å². The molecule has 2 heterocycles. The molecule has 3 fully saturated rings. The molecule has 1 unspecified atom stereocenters. The molecule has 0 bridgehead atoms. The Balaban J connectivity index is 1.40. The third kappa shape index (κ3) is 19.5. The van der Waals surface area contributed by atoms with Gasteiger partial charge < -0.3 is 53.7 Å². The van der Waals surface area contributed by atoms with Crippen LogP contribution in [0.25, 0.3) is 0 Å². The van der Waals surface area contributed by atoms with E-state index < -0.39 is 71.8 Å². The van der Waals surface area contributed by atoms with Gasteiger partial charge in [-0.15, -0.1) is 0 Å². The molecule has 1 saturated carbocycles. The average molecular weight is 1080 g/mol. The number of nitrogens with zero attached hydrogens (tertiary/aromatic N) is 1. The fraction of sp³-hybridized carbons (Fsp3) is 0.689. The lowest BCUT2D eigenvalue weighted by Crippen LogP contribution is -2.60. The SMILES string of the molecule is CCC(=O)[C@H](C)/C=C(\C)[C@@H](O)[C@@H](OC)C(=O)[C@H](C)C[C@H](C)/C=C/C=C/C=C(\C)C(C[C@@H]1CC[C@@H](C)[C@](O)(C(=O)C(=O)N2CCCC[C@H]2C(=O)OC[C@H](C)C[C@@H]2CC[C@@H](OCCO)[C@H](OC)C2)O1)OC[C@H](O)c1ccccc1. The Morgan fingerprint density at radius 2 is 1.61 bits per heavy atom. The molecular formula is C61H93NO15. The van der Waals surface area contributed by atoms with Gasteiger partial charge >= 0.3 is 5.97 Å². The number of carbonyl (C=O) groups is 5. The lowest BCUT2D eigenvalue weighted by atomic mass is 9.80. The van der Waals surface area contributed by atoms with Crippen molar-refractivity contribution in [2.24, 2.45) is 35.5 Å². The van der Waals surface area contributed by atoms with E-state index in [1.807, 2.05) is 76.3 Å². The molecule has 3 aliphatic rings. The number of aliphatic hydroxyl groups excluding tert-OH is 3. The van der Waals surface area contributed by atoms with Crippen molar-refractivity contribution in [1.29, 1.82) is 0 Å². The number of benzene rings is 1. The zero-order valence-corrected chi connectivity index (χ0v) is 47.7. The van der Waals surface area contributed by atoms with Crippen LogP contribution in [0, 0.1) is 35.5 Å². The van der Waals surface area contributed by atoms with Crippen molar-refractivity contribution in [2.75, 3.05) is 47.2 Å². The van der Waals surface area contributed by atoms with E-state index in [-0.39, 0.29) is 80.9 Å². The molecular weight excluding hydrogens is 987 g/mol. The minimum Gasteiger partial charge on any atom is -0.464 e. The number of aliphatic hydroxyl groups is 4. The fourth-order valence-electron chi connectivity index (χ4n) is 11.0. The highest BCUT2D eigenvalue weighted by atomic mass is 16.6. The van der Waals surface area contributed by atoms with Gasteiger partial charge in [-0.05, 0) is 113 Å². The van der Waals surface area contributed by atoms with E-state index in [1.165, 1.54) is 12.0 Å². The predicted octanol–water partition coefficient (Wildman–Crippen LogP) is 7.94. The zero-order chi connectivity index (χ0) is 56.8. The summed E-state index contributed by atoms with van der Waals surface area (Å²) in [5.41, 5.74) is 1.96. The Labute approximate surface area is 458 Å². The van der Waals surface area contributed by atoms with Gasteiger partial charge in [0.2, 0.25) is 5.79 Å². The van der Waals surface area contributed by atoms with Gasteiger partial charge in [0.25, 0.3) is 11.7 Å². The van der Waals surface area contributed by atoms with E-state index >= 15 is 0 Å². The van der Waals surface area contributed by atoms with Gasteiger partial charge in [0.15, 0.2) is 5.78 Å². The van der Waals surface area contributed by atoms with Crippen LogP contribution >= 0.6 is 0 Å². The standard InChI is InChI=1S/C61H93NO15/c1-11-50(64)42(5)34-44(7)56(67)57(73-10)55(66)43(6)32-39(2)20-14-12-15-21-41(4)53(75-38-51(65)47-22-16-13-17-23-47)36-48-27-25-45(8)61(71,77-48)58(68)59(69)62-29-19-18-24-49(62)60(70)76-37-40(3)33-46-26-28-52(74-31-30-63)54(35-46)72-9/h12-17,20-23,34,39-40,42-43,45-46,48-49,51-54,56-57,63,65,67,71H,11,18-19,24-33,35-38H2,1-10H3/b15-12+,20-14+,41-21+,44-34+/t39-,40-,42-,43-,45-,46+,48+,49+,51+,52-,53?,54-,56-,57+,61-/m1/s1. The smallest absolute Gasteiger partial charge is 0.328 e. The zero-order valence-electron chi connectivity index (χ0n) is 47.7. The van der Waals surface area contributed by atoms with Crippen molar-refractivity contribution in [3.63, 3.8) is 0 Å². The van der Waals surface area contributed by atoms with Crippen molar-refractivity contribution in [1.82, 2.24) is 4.90 Å². The number of esters is 1. The molecule has 1 amide bonds. The lowest BCUT2D eigenvalue weighted by molar-refractivity contribution is -0.266. The highest BCUT2D eigenvalue weighted by Crippen LogP contribution is 2.37. The lowest BCUT2D eigenvalue weighted by Gasteiger charge is -2.42. The summed E-state index contributed by atoms with van der Waals surface area (Å²) in [6.45, 7) is 15.1. The predicted molar refractivity (Wildman–Crippen MR) is 293 cm³/mol. The Kier molecular flexibility index (Phi) is 27.8. The first-order valence-corrected chi connectivity index (χ1v) is 28.2. The van der Waals surface area contributed by atoms with Crippen LogP contribution < -0.4 is 0 Å². The number of hydrogen-bond donors (Lipinski definition) is 4. The highest BCUT2D eigenvalue weighted by molar-refractivity contribution is 6.39. The van der Waals surface area contributed by atoms with E-state index in [9.17, 15) is 44.4 Å². The second kappa shape index (κ2) is 32.7. The molecule has 2 aliphatic heterocycles. The summed E-state index contributed by atoms with van der Waals surface area (Å²) in [7, 11) is 3.06. The number of likely N-dealkylation sites (tertiary alicyclic amines) is 1. The first-order valence-electron chi connectivity index (χ1n) is 28.2. The van der Waals surface area contributed by atoms with Crippen LogP contribution in [-0.2, 0) is 52.4 Å². The largest absolute Gasteiger partial charge is 0.464 e. The van der Waals surface area contributed by atoms with Crippen molar-refractivity contribution in [3.05, 3.63) is 83.5 Å². The maximum atomic E-state index is 14.3. The Morgan fingerprint density at radius 1 is 0.883 bits per heavy atom. The number of methoxy groups -OCH3 is 2. The molecule has 16 heteroatoms. The number of hydrogen-bond acceptors (Lipinski definition) is 15. The van der Waals surface area contributed by atoms with Crippen molar-refractivity contribution in [3.8, 4) is 0 Å². The fourth-order valence-corrected chi connectivity index (χ4v) is 11.0. The number of Topliss-reactive ketones (excluding diaryl/α,β-unsaturated/α-hetero) is 3. The summed E-state index contributed by atoms with van der Waals surface area (Å²) in [5.74, 6) is -6.53. The maximum Gasteiger partial charge on any atom is 0.328 e. The molecule has 0 aromatic heterocycles. The quantitative estimate of drug-likeness (QED) is 0.0240. The summed E-state index contributed by atoms with van der Waals surface area (Å²) >= 11 is 0. The molecule has 77 heavy (non-hydrogen) atoms. The van der Waals surface area contributed by atoms with Crippen LogP contribution in [0.1, 0.15) is 144 Å². The number of ketones is 3. The molecule has 15 atom stereocenters. The maximum absolute atomic E-state index is 14.3. The molecule has 16 nitrogen and oxygen atoms in total. The number of allylic oxidation sites excluding steroid dienone is 6. The number of carbonyl (C=O) groups excluding carboxylic acids is 5. The summed E-state index contributed by atoms with van der Waals surface area (Å²) < 4.78 is 35.4. The minimum atomic E-state index is -2.47. The van der Waals surface area contributed by atoms with Gasteiger partial charge in [-0.2, -0.15) is 0 Å². The third-order valence-electron chi connectivity index (χ3n) is 15.8. The first kappa shape index (κ1) is 65.3. The minimum absolute atomic E-state index is 0.00751. The van der Waals surface area contributed by atoms with Gasteiger partial charge in [-0.1, -0.05) is 108 Å². The molecule has 4 N–H and O–H groups in total. The summed E-state index contributed by atoms with van der Waals surface area (Å²) in [5, 5.41) is 43.4. The second-order valence-corrected chi connectivity index (χ2v) is 22.1. The third-order valence-corrected chi connectivity index (χ3v) is 15.8. The van der Waals surface area contributed by atoms with Crippen LogP contribution in [0.2, 0.25) is 0 Å². The van der Waals surface area contributed by atoms with E-state index in [0.29, 0.717) is 62.0 Å². The van der Waals surface area contributed by atoms with Crippen LogP contribution in [0.5, 0.6) is 0 Å². The van der Waals surface area contributed by atoms with Crippen LogP contribution in [0.15, 0.2) is 77.9 Å². The van der Waals surface area contributed by atoms with Crippen LogP contribution in [0.3, 0.4) is 0 Å². The number of amides is 1. The van der Waals surface area contributed by atoms with Crippen molar-refractivity contribution < 1.29 is 72.8 Å². The Bertz CT molecular complexity index is 2140. The molecule has 2 saturated heterocycles. The number of ether oxygens (including phenoxy) is 6. The van der Waals surface area contributed by atoms with Gasteiger partial charge in [0.1, 0.15) is 30.1 Å². The first-order chi connectivity index (χ1) is 36.7. The topological polar surface area (TPSA) is 225 Å². The molecule has 0 radical (unpaired) electrons.